The summed E-state index contributed by atoms with van der Waals surface area (Å²) in [6, 6.07) is 18.4. The summed E-state index contributed by atoms with van der Waals surface area (Å²) in [6.45, 7) is 15.8. The van der Waals surface area contributed by atoms with E-state index in [0.717, 1.165) is 39.3 Å². The van der Waals surface area contributed by atoms with Gasteiger partial charge in [0.15, 0.2) is 0 Å². The number of hydrogen-bond donors (Lipinski definition) is 0. The Morgan fingerprint density at radius 2 is 0.885 bits per heavy atom. The van der Waals surface area contributed by atoms with Crippen molar-refractivity contribution in [3.63, 3.8) is 0 Å². The molecule has 0 aromatic heterocycles. The molecule has 2 nitrogen and oxygen atoms in total. The monoisotopic (exact) mass is 350 g/mol. The van der Waals surface area contributed by atoms with Gasteiger partial charge in [0.1, 0.15) is 0 Å². The fraction of sp³-hybridized carbons (Fsp3) is 0.500. The molecule has 140 valence electrons. The van der Waals surface area contributed by atoms with Crippen LogP contribution in [0.2, 0.25) is 0 Å². The molecule has 2 aromatic carbocycles. The van der Waals surface area contributed by atoms with E-state index in [1.165, 1.54) is 22.3 Å². The van der Waals surface area contributed by atoms with E-state index in [4.69, 9.17) is 0 Å². The number of rotatable bonds is 6. The lowest BCUT2D eigenvalue weighted by atomic mass is 10.0. The molecule has 0 bridgehead atoms. The Bertz CT molecular complexity index is 601. The minimum absolute atomic E-state index is 0.613. The first-order valence-corrected chi connectivity index (χ1v) is 10.1. The highest BCUT2D eigenvalue weighted by Crippen LogP contribution is 2.18. The van der Waals surface area contributed by atoms with E-state index in [0.29, 0.717) is 11.8 Å². The number of benzene rings is 2. The first-order chi connectivity index (χ1) is 12.5. The zero-order chi connectivity index (χ0) is 18.5. The van der Waals surface area contributed by atoms with Crippen molar-refractivity contribution in [2.24, 2.45) is 0 Å². The predicted octanol–water partition coefficient (Wildman–Crippen LogP) is 5.25. The van der Waals surface area contributed by atoms with Crippen molar-refractivity contribution in [3.05, 3.63) is 70.8 Å². The fourth-order valence-electron chi connectivity index (χ4n) is 3.64. The molecule has 1 heterocycles. The Morgan fingerprint density at radius 3 is 1.15 bits per heavy atom. The third kappa shape index (κ3) is 5.18. The molecule has 0 unspecified atom stereocenters. The number of hydrogen-bond acceptors (Lipinski definition) is 2. The summed E-state index contributed by atoms with van der Waals surface area (Å²) in [5.41, 5.74) is 5.74. The lowest BCUT2D eigenvalue weighted by Crippen LogP contribution is -2.45. The van der Waals surface area contributed by atoms with Gasteiger partial charge in [-0.1, -0.05) is 76.2 Å². The van der Waals surface area contributed by atoms with Crippen molar-refractivity contribution in [3.8, 4) is 0 Å². The van der Waals surface area contributed by atoms with Crippen LogP contribution in [0.4, 0.5) is 0 Å². The van der Waals surface area contributed by atoms with E-state index in [2.05, 4.69) is 86.0 Å². The van der Waals surface area contributed by atoms with Crippen molar-refractivity contribution in [1.29, 1.82) is 0 Å². The second-order valence-electron chi connectivity index (χ2n) is 8.34. The van der Waals surface area contributed by atoms with Crippen LogP contribution >= 0.6 is 0 Å². The maximum Gasteiger partial charge on any atom is 0.0234 e. The van der Waals surface area contributed by atoms with Crippen molar-refractivity contribution in [1.82, 2.24) is 9.80 Å². The number of nitrogens with zero attached hydrogens (tertiary/aromatic N) is 2. The minimum atomic E-state index is 0.613. The van der Waals surface area contributed by atoms with E-state index in [-0.39, 0.29) is 0 Å². The molecule has 1 aliphatic heterocycles. The van der Waals surface area contributed by atoms with E-state index in [1.54, 1.807) is 0 Å². The molecule has 0 aliphatic carbocycles. The summed E-state index contributed by atoms with van der Waals surface area (Å²) in [5.74, 6) is 1.23. The summed E-state index contributed by atoms with van der Waals surface area (Å²) in [5, 5.41) is 0. The second-order valence-corrected chi connectivity index (χ2v) is 8.34. The van der Waals surface area contributed by atoms with Crippen LogP contribution in [0.25, 0.3) is 0 Å². The van der Waals surface area contributed by atoms with Gasteiger partial charge in [-0.2, -0.15) is 0 Å². The maximum absolute atomic E-state index is 2.59. The van der Waals surface area contributed by atoms with Crippen molar-refractivity contribution in [2.75, 3.05) is 26.2 Å². The first kappa shape index (κ1) is 19.1. The number of piperazine rings is 1. The van der Waals surface area contributed by atoms with Crippen molar-refractivity contribution < 1.29 is 0 Å². The molecule has 0 radical (unpaired) electrons. The molecule has 3 rings (SSSR count). The van der Waals surface area contributed by atoms with Crippen molar-refractivity contribution >= 4 is 0 Å². The van der Waals surface area contributed by atoms with Crippen LogP contribution in [-0.2, 0) is 13.1 Å². The summed E-state index contributed by atoms with van der Waals surface area (Å²) >= 11 is 0. The Balaban J connectivity index is 1.46. The summed E-state index contributed by atoms with van der Waals surface area (Å²) in [4.78, 5) is 5.17. The lowest BCUT2D eigenvalue weighted by Gasteiger charge is -2.34. The second kappa shape index (κ2) is 8.83. The van der Waals surface area contributed by atoms with Crippen LogP contribution in [0.5, 0.6) is 0 Å². The van der Waals surface area contributed by atoms with Crippen LogP contribution < -0.4 is 0 Å². The van der Waals surface area contributed by atoms with Crippen LogP contribution in [-0.4, -0.2) is 36.0 Å². The molecule has 0 amide bonds. The third-order valence-corrected chi connectivity index (χ3v) is 5.57. The van der Waals surface area contributed by atoms with Gasteiger partial charge in [-0.3, -0.25) is 9.80 Å². The normalized spacial score (nSPS) is 16.5. The highest BCUT2D eigenvalue weighted by molar-refractivity contribution is 5.25. The molecule has 0 atom stereocenters. The SMILES string of the molecule is CC(C)c1ccc(CN2CCN(Cc3ccc(C(C)C)cc3)CC2)cc1. The average Bonchev–Trinajstić information content (AvgIpc) is 2.64. The Morgan fingerprint density at radius 1 is 0.577 bits per heavy atom. The Labute approximate surface area is 159 Å². The van der Waals surface area contributed by atoms with Gasteiger partial charge in [-0.05, 0) is 34.1 Å². The van der Waals surface area contributed by atoms with Crippen LogP contribution in [0.3, 0.4) is 0 Å². The molecular weight excluding hydrogens is 316 g/mol. The van der Waals surface area contributed by atoms with E-state index < -0.39 is 0 Å². The smallest absolute Gasteiger partial charge is 0.0234 e. The molecule has 1 aliphatic rings. The van der Waals surface area contributed by atoms with Gasteiger partial charge >= 0.3 is 0 Å². The largest absolute Gasteiger partial charge is 0.297 e. The van der Waals surface area contributed by atoms with Crippen LogP contribution in [0.1, 0.15) is 61.8 Å². The third-order valence-electron chi connectivity index (χ3n) is 5.57. The lowest BCUT2D eigenvalue weighted by molar-refractivity contribution is 0.122. The van der Waals surface area contributed by atoms with Gasteiger partial charge in [-0.25, -0.2) is 0 Å². The van der Waals surface area contributed by atoms with Crippen LogP contribution in [0.15, 0.2) is 48.5 Å². The molecule has 2 aromatic rings. The summed E-state index contributed by atoms with van der Waals surface area (Å²) < 4.78 is 0. The van der Waals surface area contributed by atoms with Gasteiger partial charge in [-0.15, -0.1) is 0 Å². The zero-order valence-corrected chi connectivity index (χ0v) is 16.9. The highest BCUT2D eigenvalue weighted by atomic mass is 15.3. The molecule has 0 N–H and O–H groups in total. The molecule has 1 fully saturated rings. The predicted molar refractivity (Wildman–Crippen MR) is 112 cm³/mol. The van der Waals surface area contributed by atoms with Gasteiger partial charge in [0, 0.05) is 39.3 Å². The minimum Gasteiger partial charge on any atom is -0.297 e. The van der Waals surface area contributed by atoms with E-state index >= 15 is 0 Å². The molecule has 1 saturated heterocycles. The Kier molecular flexibility index (Phi) is 6.50. The average molecular weight is 351 g/mol. The topological polar surface area (TPSA) is 6.48 Å². The maximum atomic E-state index is 2.59. The van der Waals surface area contributed by atoms with Crippen molar-refractivity contribution in [2.45, 2.75) is 52.6 Å². The van der Waals surface area contributed by atoms with Crippen LogP contribution in [0, 0.1) is 0 Å². The molecule has 2 heteroatoms. The Hall–Kier alpha value is -1.64. The molecule has 26 heavy (non-hydrogen) atoms. The molecule has 0 saturated carbocycles. The highest BCUT2D eigenvalue weighted by Gasteiger charge is 2.17. The van der Waals surface area contributed by atoms with E-state index in [1.807, 2.05) is 0 Å². The molecule has 0 spiro atoms. The summed E-state index contributed by atoms with van der Waals surface area (Å²) in [7, 11) is 0. The van der Waals surface area contributed by atoms with Gasteiger partial charge in [0.25, 0.3) is 0 Å². The zero-order valence-electron chi connectivity index (χ0n) is 16.9. The summed E-state index contributed by atoms with van der Waals surface area (Å²) in [6.07, 6.45) is 0. The van der Waals surface area contributed by atoms with Gasteiger partial charge in [0.05, 0.1) is 0 Å². The van der Waals surface area contributed by atoms with E-state index in [9.17, 15) is 0 Å². The van der Waals surface area contributed by atoms with Gasteiger partial charge in [0.2, 0.25) is 0 Å². The quantitative estimate of drug-likeness (QED) is 0.702. The molecular formula is C24H34N2. The standard InChI is InChI=1S/C24H34N2/c1-19(2)23-9-5-21(6-10-23)17-25-13-15-26(16-14-25)18-22-7-11-24(12-8-22)20(3)4/h5-12,19-20H,13-18H2,1-4H3. The first-order valence-electron chi connectivity index (χ1n) is 10.1. The fourth-order valence-corrected chi connectivity index (χ4v) is 3.64. The van der Waals surface area contributed by atoms with Gasteiger partial charge < -0.3 is 0 Å².